The monoisotopic (exact) mass is 617 g/mol. The normalized spacial score (nSPS) is 13.9. The minimum Gasteiger partial charge on any atom is -0.492 e. The van der Waals surface area contributed by atoms with Crippen molar-refractivity contribution >= 4 is 48.5 Å². The fourth-order valence-corrected chi connectivity index (χ4v) is 5.81. The number of benzene rings is 2. The predicted molar refractivity (Wildman–Crippen MR) is 162 cm³/mol. The molecule has 0 saturated heterocycles. The molecule has 226 valence electrons. The fraction of sp³-hybridized carbons (Fsp3) is 0.333. The van der Waals surface area contributed by atoms with Crippen LogP contribution in [0.2, 0.25) is 0 Å². The summed E-state index contributed by atoms with van der Waals surface area (Å²) in [6, 6.07) is 8.62. The number of amides is 1. The van der Waals surface area contributed by atoms with Gasteiger partial charge in [-0.25, -0.2) is 21.8 Å². The Bertz CT molecular complexity index is 1810. The number of aromatic nitrogens is 2. The lowest BCUT2D eigenvalue weighted by molar-refractivity contribution is 0.102. The van der Waals surface area contributed by atoms with Gasteiger partial charge < -0.3 is 14.6 Å². The van der Waals surface area contributed by atoms with E-state index in [9.17, 15) is 21.6 Å². The molecule has 0 fully saturated rings. The van der Waals surface area contributed by atoms with Crippen LogP contribution in [0.25, 0.3) is 5.70 Å². The van der Waals surface area contributed by atoms with Gasteiger partial charge in [-0.15, -0.1) is 5.53 Å². The van der Waals surface area contributed by atoms with E-state index in [0.29, 0.717) is 28.3 Å². The lowest BCUT2D eigenvalue weighted by Crippen LogP contribution is -2.36. The minimum atomic E-state index is -3.62. The lowest BCUT2D eigenvalue weighted by atomic mass is 9.86. The van der Waals surface area contributed by atoms with Crippen molar-refractivity contribution in [1.82, 2.24) is 20.5 Å². The molecule has 0 spiro atoms. The summed E-state index contributed by atoms with van der Waals surface area (Å²) in [5.74, 6) is -0.261. The summed E-state index contributed by atoms with van der Waals surface area (Å²) in [6.07, 6.45) is 5.33. The van der Waals surface area contributed by atoms with E-state index in [1.807, 2.05) is 27.7 Å². The molecule has 0 atom stereocenters. The maximum Gasteiger partial charge on any atom is 0.255 e. The number of methoxy groups -OCH3 is 1. The van der Waals surface area contributed by atoms with Gasteiger partial charge >= 0.3 is 0 Å². The number of nitrogens with zero attached hydrogens (tertiary/aromatic N) is 3. The number of nitrogens with one attached hydrogen (secondary N) is 4. The molecule has 0 bridgehead atoms. The molecule has 1 aliphatic rings. The molecule has 0 aliphatic carbocycles. The van der Waals surface area contributed by atoms with Crippen molar-refractivity contribution in [2.45, 2.75) is 38.3 Å². The predicted octanol–water partition coefficient (Wildman–Crippen LogP) is 2.89. The van der Waals surface area contributed by atoms with Gasteiger partial charge in [-0.05, 0) is 47.7 Å². The maximum absolute atomic E-state index is 13.5. The lowest BCUT2D eigenvalue weighted by Gasteiger charge is -2.24. The van der Waals surface area contributed by atoms with E-state index in [1.54, 1.807) is 48.6 Å². The van der Waals surface area contributed by atoms with E-state index in [-0.39, 0.29) is 22.0 Å². The van der Waals surface area contributed by atoms with E-state index >= 15 is 0 Å². The van der Waals surface area contributed by atoms with Gasteiger partial charge in [0, 0.05) is 18.9 Å². The molecule has 15 heteroatoms. The van der Waals surface area contributed by atoms with E-state index in [0.717, 1.165) is 23.6 Å². The molecule has 0 unspecified atom stereocenters. The number of anilines is 3. The number of carbonyl (C=O) groups excluding carboxylic acids is 1. The average molecular weight is 618 g/mol. The summed E-state index contributed by atoms with van der Waals surface area (Å²) in [5.41, 5.74) is 9.93. The van der Waals surface area contributed by atoms with Crippen molar-refractivity contribution in [3.05, 3.63) is 65.1 Å². The summed E-state index contributed by atoms with van der Waals surface area (Å²) < 4.78 is 57.6. The molecule has 1 aromatic heterocycles. The van der Waals surface area contributed by atoms with Crippen molar-refractivity contribution in [3.63, 3.8) is 0 Å². The van der Waals surface area contributed by atoms with Crippen LogP contribution < -0.4 is 30.7 Å². The summed E-state index contributed by atoms with van der Waals surface area (Å²) in [7, 11) is -4.12. The van der Waals surface area contributed by atoms with Crippen molar-refractivity contribution in [2.75, 3.05) is 34.7 Å². The number of sulfonamides is 1. The van der Waals surface area contributed by atoms with Crippen LogP contribution in [0, 0.1) is 6.92 Å². The zero-order valence-corrected chi connectivity index (χ0v) is 26.3. The molecule has 1 amide bonds. The topological polar surface area (TPSA) is 164 Å². The first-order chi connectivity index (χ1) is 19.4. The van der Waals surface area contributed by atoms with Crippen molar-refractivity contribution in [3.8, 4) is 5.75 Å². The van der Waals surface area contributed by atoms with Crippen LogP contribution in [0.15, 0.2) is 47.9 Å². The SMILES string of the molecule is COc1c(NC(=O)c2ccc(C)c(N3C=C(c4cnc(S(C)(=O)=O)n4C)NN3)c2)cc(C(C)(C)C)cc1NS(C)(=O)=O. The first-order valence-electron chi connectivity index (χ1n) is 12.8. The Balaban J connectivity index is 1.67. The minimum absolute atomic E-state index is 0.0608. The van der Waals surface area contributed by atoms with Crippen LogP contribution in [0.1, 0.15) is 48.0 Å². The number of hydrazine groups is 2. The number of imidazole rings is 1. The number of ether oxygens (including phenoxy) is 1. The second kappa shape index (κ2) is 11.0. The Morgan fingerprint density at radius 2 is 1.71 bits per heavy atom. The van der Waals surface area contributed by atoms with Crippen molar-refractivity contribution < 1.29 is 26.4 Å². The van der Waals surface area contributed by atoms with Crippen molar-refractivity contribution in [2.24, 2.45) is 7.05 Å². The number of carbonyl (C=O) groups is 1. The summed E-state index contributed by atoms with van der Waals surface area (Å²) in [5, 5.41) is 4.48. The van der Waals surface area contributed by atoms with Gasteiger partial charge in [0.25, 0.3) is 5.91 Å². The van der Waals surface area contributed by atoms with Gasteiger partial charge in [0.15, 0.2) is 5.75 Å². The van der Waals surface area contributed by atoms with Crippen LogP contribution >= 0.6 is 0 Å². The largest absolute Gasteiger partial charge is 0.492 e. The standard InChI is InChI=1S/C27H35N7O6S2/c1-16-9-10-17(11-22(16)34-15-21(30-32-34)23-14-28-26(33(23)5)41(7,36)37)25(35)29-19-12-18(27(2,3)4)13-20(24(19)40-6)31-42(8,38)39/h9-15,30-32H,1-8H3,(H,29,35). The Morgan fingerprint density at radius 3 is 2.29 bits per heavy atom. The third-order valence-electron chi connectivity index (χ3n) is 6.56. The summed E-state index contributed by atoms with van der Waals surface area (Å²) in [6.45, 7) is 7.81. The molecule has 42 heavy (non-hydrogen) atoms. The molecule has 2 heterocycles. The van der Waals surface area contributed by atoms with E-state index in [1.165, 1.54) is 17.9 Å². The van der Waals surface area contributed by atoms with Gasteiger partial charge in [0.2, 0.25) is 25.0 Å². The molecule has 2 aromatic carbocycles. The first-order valence-corrected chi connectivity index (χ1v) is 16.5. The van der Waals surface area contributed by atoms with Gasteiger partial charge in [0.1, 0.15) is 0 Å². The van der Waals surface area contributed by atoms with E-state index in [2.05, 4.69) is 26.0 Å². The average Bonchev–Trinajstić information content (AvgIpc) is 3.49. The van der Waals surface area contributed by atoms with Crippen LogP contribution in [0.4, 0.5) is 17.1 Å². The van der Waals surface area contributed by atoms with E-state index < -0.39 is 25.8 Å². The highest BCUT2D eigenvalue weighted by Gasteiger charge is 2.25. The molecule has 1 aliphatic heterocycles. The Kier molecular flexibility index (Phi) is 8.06. The summed E-state index contributed by atoms with van der Waals surface area (Å²) in [4.78, 5) is 17.5. The third-order valence-corrected chi connectivity index (χ3v) is 8.19. The van der Waals surface area contributed by atoms with Gasteiger partial charge in [0.05, 0.1) is 54.2 Å². The highest BCUT2D eigenvalue weighted by Crippen LogP contribution is 2.39. The Labute approximate surface area is 245 Å². The molecule has 13 nitrogen and oxygen atoms in total. The smallest absolute Gasteiger partial charge is 0.255 e. The molecular weight excluding hydrogens is 582 g/mol. The van der Waals surface area contributed by atoms with E-state index in [4.69, 9.17) is 4.74 Å². The summed E-state index contributed by atoms with van der Waals surface area (Å²) >= 11 is 0. The molecule has 0 radical (unpaired) electrons. The molecular formula is C27H35N7O6S2. The van der Waals surface area contributed by atoms with Gasteiger partial charge in [-0.1, -0.05) is 26.8 Å². The third kappa shape index (κ3) is 6.53. The van der Waals surface area contributed by atoms with Crippen LogP contribution in [0.3, 0.4) is 0 Å². The van der Waals surface area contributed by atoms with Gasteiger partial charge in [-0.2, -0.15) is 0 Å². The molecule has 3 aromatic rings. The van der Waals surface area contributed by atoms with Crippen LogP contribution in [-0.2, 0) is 32.3 Å². The second-order valence-electron chi connectivity index (χ2n) is 11.1. The quantitative estimate of drug-likeness (QED) is 0.296. The van der Waals surface area contributed by atoms with Crippen molar-refractivity contribution in [1.29, 1.82) is 0 Å². The number of sulfone groups is 1. The Morgan fingerprint density at radius 1 is 1.05 bits per heavy atom. The highest BCUT2D eigenvalue weighted by atomic mass is 32.2. The fourth-order valence-electron chi connectivity index (χ4n) is 4.42. The number of hydrogen-bond acceptors (Lipinski definition) is 10. The van der Waals surface area contributed by atoms with Crippen LogP contribution in [-0.4, -0.2) is 51.9 Å². The highest BCUT2D eigenvalue weighted by molar-refractivity contribution is 7.92. The van der Waals surface area contributed by atoms with Crippen LogP contribution in [0.5, 0.6) is 5.75 Å². The number of hydrogen-bond donors (Lipinski definition) is 4. The first kappa shape index (κ1) is 30.9. The Hall–Kier alpha value is -4.08. The zero-order valence-electron chi connectivity index (χ0n) is 24.6. The molecule has 4 rings (SSSR count). The molecule has 4 N–H and O–H groups in total. The van der Waals surface area contributed by atoms with Gasteiger partial charge in [-0.3, -0.25) is 20.0 Å². The second-order valence-corrected chi connectivity index (χ2v) is 14.7. The number of aryl methyl sites for hydroxylation is 1. The molecule has 0 saturated carbocycles. The maximum atomic E-state index is 13.5. The zero-order chi connectivity index (χ0) is 31.2. The number of rotatable bonds is 8.